The molecule has 2 aromatic heterocycles. The van der Waals surface area contributed by atoms with Gasteiger partial charge in [0.1, 0.15) is 17.7 Å². The number of nitrogens with one attached hydrogen (secondary N) is 1. The van der Waals surface area contributed by atoms with Gasteiger partial charge in [-0.15, -0.1) is 0 Å². The molecule has 0 bridgehead atoms. The molecule has 5 nitrogen and oxygen atoms in total. The molecule has 5 heteroatoms. The molecule has 2 heterocycles. The molecule has 0 aliphatic rings. The molecule has 5 aromatic rings. The smallest absolute Gasteiger partial charge is 0.157 e. The molecule has 3 aromatic carbocycles. The molecule has 0 spiro atoms. The van der Waals surface area contributed by atoms with E-state index in [9.17, 15) is 0 Å². The number of hydrogen-bond acceptors (Lipinski definition) is 5. The average Bonchev–Trinajstić information content (AvgIpc) is 2.78. The van der Waals surface area contributed by atoms with Crippen molar-refractivity contribution in [1.29, 1.82) is 0 Å². The van der Waals surface area contributed by atoms with Crippen LogP contribution in [0, 0.1) is 0 Å². The Hall–Kier alpha value is -3.99. The van der Waals surface area contributed by atoms with Crippen molar-refractivity contribution in [2.45, 2.75) is 0 Å². The highest BCUT2D eigenvalue weighted by molar-refractivity contribution is 5.88. The van der Waals surface area contributed by atoms with Crippen LogP contribution in [0.2, 0.25) is 0 Å². The predicted octanol–water partition coefficient (Wildman–Crippen LogP) is 4.97. The first-order chi connectivity index (χ1) is 13.9. The molecule has 1 N–H and O–H groups in total. The normalized spacial score (nSPS) is 11.8. The molecule has 0 aliphatic carbocycles. The highest BCUT2D eigenvalue weighted by Crippen LogP contribution is 2.22. The van der Waals surface area contributed by atoms with Crippen LogP contribution in [0.4, 0.5) is 5.82 Å². The van der Waals surface area contributed by atoms with Crippen LogP contribution < -0.4 is 10.8 Å². The van der Waals surface area contributed by atoms with Gasteiger partial charge in [-0.05, 0) is 24.3 Å². The number of nitrogens with zero attached hydrogens (tertiary/aromatic N) is 3. The summed E-state index contributed by atoms with van der Waals surface area (Å²) in [7, 11) is 0. The fourth-order valence-corrected chi connectivity index (χ4v) is 3.16. The fourth-order valence-electron chi connectivity index (χ4n) is 3.16. The van der Waals surface area contributed by atoms with Crippen LogP contribution in [0.1, 0.15) is 0 Å². The second-order valence-electron chi connectivity index (χ2n) is 6.32. The van der Waals surface area contributed by atoms with E-state index >= 15 is 0 Å². The lowest BCUT2D eigenvalue weighted by atomic mass is 10.1. The van der Waals surface area contributed by atoms with E-state index in [0.29, 0.717) is 5.82 Å². The monoisotopic (exact) mass is 364 g/mol. The number of benzene rings is 3. The SMILES string of the molecule is c1ccc(-c2c/c(=N/Nc3ncnc4ccccc34)c3ccccc3o2)cc1. The molecule has 5 rings (SSSR count). The molecular weight excluding hydrogens is 348 g/mol. The minimum atomic E-state index is 0.664. The highest BCUT2D eigenvalue weighted by atomic mass is 16.3. The summed E-state index contributed by atoms with van der Waals surface area (Å²) in [6.07, 6.45) is 1.54. The maximum absolute atomic E-state index is 6.10. The first-order valence-corrected chi connectivity index (χ1v) is 8.96. The summed E-state index contributed by atoms with van der Waals surface area (Å²) < 4.78 is 6.10. The second kappa shape index (κ2) is 6.96. The van der Waals surface area contributed by atoms with Crippen LogP contribution in [0.5, 0.6) is 0 Å². The van der Waals surface area contributed by atoms with E-state index in [2.05, 4.69) is 20.5 Å². The molecular formula is C23H16N4O. The Morgan fingerprint density at radius 3 is 2.39 bits per heavy atom. The maximum Gasteiger partial charge on any atom is 0.157 e. The van der Waals surface area contributed by atoms with Gasteiger partial charge >= 0.3 is 0 Å². The Labute approximate surface area is 161 Å². The molecule has 0 radical (unpaired) electrons. The molecule has 0 fully saturated rings. The van der Waals surface area contributed by atoms with Gasteiger partial charge in [0.05, 0.1) is 10.9 Å². The topological polar surface area (TPSA) is 63.3 Å². The van der Waals surface area contributed by atoms with E-state index in [-0.39, 0.29) is 0 Å². The molecule has 28 heavy (non-hydrogen) atoms. The Bertz CT molecular complexity index is 1340. The van der Waals surface area contributed by atoms with E-state index in [1.54, 1.807) is 0 Å². The van der Waals surface area contributed by atoms with Gasteiger partial charge in [-0.25, -0.2) is 9.97 Å². The summed E-state index contributed by atoms with van der Waals surface area (Å²) in [6, 6.07) is 27.6. The number of para-hydroxylation sites is 2. The largest absolute Gasteiger partial charge is 0.456 e. The van der Waals surface area contributed by atoms with Crippen molar-refractivity contribution >= 4 is 27.7 Å². The molecule has 0 aliphatic heterocycles. The van der Waals surface area contributed by atoms with Gasteiger partial charge in [-0.3, -0.25) is 5.43 Å². The Morgan fingerprint density at radius 1 is 0.750 bits per heavy atom. The summed E-state index contributed by atoms with van der Waals surface area (Å²) in [5.41, 5.74) is 5.75. The van der Waals surface area contributed by atoms with Gasteiger partial charge < -0.3 is 4.42 Å². The first kappa shape index (κ1) is 16.2. The Kier molecular flexibility index (Phi) is 4.03. The summed E-state index contributed by atoms with van der Waals surface area (Å²) in [5, 5.41) is 7.26. The van der Waals surface area contributed by atoms with Crippen LogP contribution in [0.25, 0.3) is 33.2 Å². The van der Waals surface area contributed by atoms with Gasteiger partial charge in [-0.1, -0.05) is 54.6 Å². The standard InChI is InChI=1S/C23H16N4O/c1-2-8-16(9-3-1)22-14-20(17-10-5-7-13-21(17)28-22)26-27-23-18-11-4-6-12-19(18)24-15-25-23/h1-15H,(H,24,25,27)/b26-20-. The summed E-state index contributed by atoms with van der Waals surface area (Å²) >= 11 is 0. The zero-order chi connectivity index (χ0) is 18.8. The van der Waals surface area contributed by atoms with Gasteiger partial charge in [0.25, 0.3) is 0 Å². The summed E-state index contributed by atoms with van der Waals surface area (Å²) in [4.78, 5) is 8.64. The number of anilines is 1. The number of hydrogen-bond donors (Lipinski definition) is 1. The van der Waals surface area contributed by atoms with Crippen molar-refractivity contribution in [3.8, 4) is 11.3 Å². The number of fused-ring (bicyclic) bond motifs is 2. The first-order valence-electron chi connectivity index (χ1n) is 8.96. The average molecular weight is 364 g/mol. The third kappa shape index (κ3) is 2.99. The van der Waals surface area contributed by atoms with Crippen LogP contribution in [0.15, 0.2) is 101 Å². The third-order valence-corrected chi connectivity index (χ3v) is 4.53. The minimum absolute atomic E-state index is 0.664. The second-order valence-corrected chi connectivity index (χ2v) is 6.32. The third-order valence-electron chi connectivity index (χ3n) is 4.53. The molecule has 0 saturated carbocycles. The van der Waals surface area contributed by atoms with Crippen molar-refractivity contribution in [2.75, 3.05) is 5.43 Å². The van der Waals surface area contributed by atoms with Gasteiger partial charge in [0.2, 0.25) is 0 Å². The van der Waals surface area contributed by atoms with E-state index in [1.807, 2.05) is 84.9 Å². The molecule has 0 amide bonds. The van der Waals surface area contributed by atoms with E-state index in [1.165, 1.54) is 6.33 Å². The summed E-state index contributed by atoms with van der Waals surface area (Å²) in [5.74, 6) is 1.42. The van der Waals surface area contributed by atoms with Gasteiger partial charge in [0.15, 0.2) is 5.82 Å². The van der Waals surface area contributed by atoms with Crippen molar-refractivity contribution in [3.63, 3.8) is 0 Å². The molecule has 134 valence electrons. The Morgan fingerprint density at radius 2 is 1.50 bits per heavy atom. The van der Waals surface area contributed by atoms with Crippen molar-refractivity contribution in [3.05, 3.63) is 96.6 Å². The van der Waals surface area contributed by atoms with E-state index < -0.39 is 0 Å². The van der Waals surface area contributed by atoms with E-state index in [4.69, 9.17) is 4.42 Å². The highest BCUT2D eigenvalue weighted by Gasteiger charge is 2.06. The van der Waals surface area contributed by atoms with Crippen LogP contribution >= 0.6 is 0 Å². The number of aromatic nitrogens is 2. The van der Waals surface area contributed by atoms with Crippen molar-refractivity contribution < 1.29 is 4.42 Å². The summed E-state index contributed by atoms with van der Waals surface area (Å²) in [6.45, 7) is 0. The molecule has 0 saturated heterocycles. The lowest BCUT2D eigenvalue weighted by Crippen LogP contribution is -2.08. The van der Waals surface area contributed by atoms with Crippen molar-refractivity contribution in [1.82, 2.24) is 9.97 Å². The zero-order valence-electron chi connectivity index (χ0n) is 14.9. The Balaban J connectivity index is 1.67. The van der Waals surface area contributed by atoms with Gasteiger partial charge in [-0.2, -0.15) is 5.10 Å². The maximum atomic E-state index is 6.10. The van der Waals surface area contributed by atoms with Crippen LogP contribution in [-0.2, 0) is 0 Å². The predicted molar refractivity (Wildman–Crippen MR) is 110 cm³/mol. The van der Waals surface area contributed by atoms with Crippen LogP contribution in [0.3, 0.4) is 0 Å². The fraction of sp³-hybridized carbons (Fsp3) is 0. The van der Waals surface area contributed by atoms with E-state index in [0.717, 1.165) is 38.6 Å². The molecule has 0 unspecified atom stereocenters. The number of rotatable bonds is 3. The quantitative estimate of drug-likeness (QED) is 0.459. The lowest BCUT2D eigenvalue weighted by Gasteiger charge is -2.06. The zero-order valence-corrected chi connectivity index (χ0v) is 14.9. The van der Waals surface area contributed by atoms with Gasteiger partial charge in [0, 0.05) is 22.4 Å². The van der Waals surface area contributed by atoms with Crippen LogP contribution in [-0.4, -0.2) is 9.97 Å². The minimum Gasteiger partial charge on any atom is -0.456 e. The van der Waals surface area contributed by atoms with Crippen molar-refractivity contribution in [2.24, 2.45) is 5.10 Å². The molecule has 0 atom stereocenters. The lowest BCUT2D eigenvalue weighted by molar-refractivity contribution is 0.618.